The van der Waals surface area contributed by atoms with E-state index in [-0.39, 0.29) is 5.60 Å². The molecule has 19 heavy (non-hydrogen) atoms. The maximum atomic E-state index is 5.46. The van der Waals surface area contributed by atoms with E-state index in [9.17, 15) is 0 Å². The van der Waals surface area contributed by atoms with Gasteiger partial charge in [-0.05, 0) is 63.8 Å². The Hall–Kier alpha value is -0.0800. The van der Waals surface area contributed by atoms with Gasteiger partial charge in [0.25, 0.3) is 0 Å². The van der Waals surface area contributed by atoms with Crippen LogP contribution in [-0.2, 0) is 4.74 Å². The van der Waals surface area contributed by atoms with Crippen LogP contribution in [-0.4, -0.2) is 25.3 Å². The summed E-state index contributed by atoms with van der Waals surface area (Å²) >= 11 is 0. The predicted octanol–water partition coefficient (Wildman–Crippen LogP) is 4.39. The van der Waals surface area contributed by atoms with E-state index in [0.29, 0.717) is 5.41 Å². The second-order valence-electron chi connectivity index (χ2n) is 7.56. The van der Waals surface area contributed by atoms with Crippen molar-refractivity contribution in [1.29, 1.82) is 0 Å². The molecule has 0 amide bonds. The number of ether oxygens (including phenoxy) is 1. The molecular weight excluding hydrogens is 234 g/mol. The van der Waals surface area contributed by atoms with Gasteiger partial charge in [-0.25, -0.2) is 0 Å². The zero-order chi connectivity index (χ0) is 14.5. The Morgan fingerprint density at radius 3 is 2.11 bits per heavy atom. The smallest absolute Gasteiger partial charge is 0.0634 e. The first-order chi connectivity index (χ1) is 8.80. The monoisotopic (exact) mass is 269 g/mol. The fraction of sp³-hybridized carbons (Fsp3) is 1.00. The minimum Gasteiger partial charge on any atom is -0.379 e. The molecule has 1 aliphatic carbocycles. The van der Waals surface area contributed by atoms with E-state index in [1.54, 1.807) is 7.11 Å². The lowest BCUT2D eigenvalue weighted by atomic mass is 9.69. The summed E-state index contributed by atoms with van der Waals surface area (Å²) in [6, 6.07) is 0.733. The number of hydrogen-bond donors (Lipinski definition) is 1. The molecule has 2 heteroatoms. The molecule has 0 bridgehead atoms. The van der Waals surface area contributed by atoms with Crippen LogP contribution in [0.4, 0.5) is 0 Å². The van der Waals surface area contributed by atoms with Gasteiger partial charge in [-0.1, -0.05) is 27.2 Å². The number of hydrogen-bond acceptors (Lipinski definition) is 2. The highest BCUT2D eigenvalue weighted by Gasteiger charge is 2.31. The van der Waals surface area contributed by atoms with E-state index >= 15 is 0 Å². The standard InChI is InChI=1S/C17H35NO/c1-7-16(2,3)14-8-10-15(11-9-14)18-13-12-17(4,5)19-6/h14-15,18H,7-13H2,1-6H3. The van der Waals surface area contributed by atoms with Crippen molar-refractivity contribution in [2.45, 2.75) is 84.8 Å². The van der Waals surface area contributed by atoms with Crippen LogP contribution in [0, 0.1) is 11.3 Å². The fourth-order valence-corrected chi connectivity index (χ4v) is 3.05. The van der Waals surface area contributed by atoms with Crippen LogP contribution in [0.3, 0.4) is 0 Å². The van der Waals surface area contributed by atoms with Crippen LogP contribution in [0.2, 0.25) is 0 Å². The fourth-order valence-electron chi connectivity index (χ4n) is 3.05. The topological polar surface area (TPSA) is 21.3 Å². The van der Waals surface area contributed by atoms with Crippen molar-refractivity contribution in [2.24, 2.45) is 11.3 Å². The minimum atomic E-state index is 0.00834. The van der Waals surface area contributed by atoms with Crippen molar-refractivity contribution in [3.63, 3.8) is 0 Å². The molecule has 0 heterocycles. The normalized spacial score (nSPS) is 25.6. The lowest BCUT2D eigenvalue weighted by Crippen LogP contribution is -2.39. The number of methoxy groups -OCH3 is 1. The van der Waals surface area contributed by atoms with Crippen molar-refractivity contribution >= 4 is 0 Å². The summed E-state index contributed by atoms with van der Waals surface area (Å²) in [6.45, 7) is 12.6. The van der Waals surface area contributed by atoms with E-state index in [0.717, 1.165) is 24.9 Å². The van der Waals surface area contributed by atoms with Gasteiger partial charge in [0, 0.05) is 13.2 Å². The molecule has 1 saturated carbocycles. The highest BCUT2D eigenvalue weighted by atomic mass is 16.5. The molecule has 0 aromatic heterocycles. The lowest BCUT2D eigenvalue weighted by molar-refractivity contribution is 0.0147. The Bertz CT molecular complexity index is 249. The van der Waals surface area contributed by atoms with Crippen molar-refractivity contribution < 1.29 is 4.74 Å². The Morgan fingerprint density at radius 2 is 1.63 bits per heavy atom. The number of rotatable bonds is 7. The summed E-state index contributed by atoms with van der Waals surface area (Å²) in [4.78, 5) is 0. The molecule has 0 unspecified atom stereocenters. The maximum Gasteiger partial charge on any atom is 0.0634 e. The molecule has 1 rings (SSSR count). The first-order valence-corrected chi connectivity index (χ1v) is 8.09. The second-order valence-corrected chi connectivity index (χ2v) is 7.56. The Morgan fingerprint density at radius 1 is 1.05 bits per heavy atom. The van der Waals surface area contributed by atoms with Gasteiger partial charge in [-0.3, -0.25) is 0 Å². The average molecular weight is 269 g/mol. The molecule has 114 valence electrons. The average Bonchev–Trinajstić information content (AvgIpc) is 2.39. The largest absolute Gasteiger partial charge is 0.379 e. The Labute approximate surface area is 120 Å². The Kier molecular flexibility index (Phi) is 6.32. The van der Waals surface area contributed by atoms with Crippen molar-refractivity contribution in [3.05, 3.63) is 0 Å². The van der Waals surface area contributed by atoms with Gasteiger partial charge >= 0.3 is 0 Å². The SMILES string of the molecule is CCC(C)(C)C1CCC(NCCC(C)(C)OC)CC1. The van der Waals surface area contributed by atoms with Gasteiger partial charge in [-0.15, -0.1) is 0 Å². The van der Waals surface area contributed by atoms with Crippen LogP contribution in [0.15, 0.2) is 0 Å². The van der Waals surface area contributed by atoms with Crippen molar-refractivity contribution in [1.82, 2.24) is 5.32 Å². The predicted molar refractivity (Wildman–Crippen MR) is 83.5 cm³/mol. The van der Waals surface area contributed by atoms with E-state index in [2.05, 4.69) is 39.9 Å². The van der Waals surface area contributed by atoms with E-state index in [1.807, 2.05) is 0 Å². The zero-order valence-electron chi connectivity index (χ0n) is 14.0. The van der Waals surface area contributed by atoms with Gasteiger partial charge < -0.3 is 10.1 Å². The summed E-state index contributed by atoms with van der Waals surface area (Å²) in [5.41, 5.74) is 0.539. The van der Waals surface area contributed by atoms with Crippen LogP contribution in [0.5, 0.6) is 0 Å². The third kappa shape index (κ3) is 5.43. The quantitative estimate of drug-likeness (QED) is 0.740. The molecule has 1 N–H and O–H groups in total. The first-order valence-electron chi connectivity index (χ1n) is 8.09. The summed E-state index contributed by atoms with van der Waals surface area (Å²) in [6.07, 6.45) is 7.88. The molecule has 1 fully saturated rings. The highest BCUT2D eigenvalue weighted by Crippen LogP contribution is 2.40. The van der Waals surface area contributed by atoms with E-state index in [4.69, 9.17) is 4.74 Å². The summed E-state index contributed by atoms with van der Waals surface area (Å²) in [5.74, 6) is 0.922. The first kappa shape index (κ1) is 17.0. The van der Waals surface area contributed by atoms with Gasteiger partial charge in [0.05, 0.1) is 5.60 Å². The zero-order valence-corrected chi connectivity index (χ0v) is 14.0. The number of nitrogens with one attached hydrogen (secondary N) is 1. The van der Waals surface area contributed by atoms with Crippen LogP contribution >= 0.6 is 0 Å². The third-order valence-electron chi connectivity index (χ3n) is 5.46. The molecule has 1 aliphatic rings. The molecule has 2 nitrogen and oxygen atoms in total. The van der Waals surface area contributed by atoms with Crippen molar-refractivity contribution in [3.8, 4) is 0 Å². The molecule has 0 aliphatic heterocycles. The van der Waals surface area contributed by atoms with Gasteiger partial charge in [0.15, 0.2) is 0 Å². The Balaban J connectivity index is 2.24. The van der Waals surface area contributed by atoms with Crippen molar-refractivity contribution in [2.75, 3.05) is 13.7 Å². The van der Waals surface area contributed by atoms with Gasteiger partial charge in [-0.2, -0.15) is 0 Å². The van der Waals surface area contributed by atoms with E-state index in [1.165, 1.54) is 32.1 Å². The second kappa shape index (κ2) is 7.08. The molecular formula is C17H35NO. The molecule has 0 spiro atoms. The van der Waals surface area contributed by atoms with Crippen LogP contribution < -0.4 is 5.32 Å². The summed E-state index contributed by atoms with van der Waals surface area (Å²) in [7, 11) is 1.80. The highest BCUT2D eigenvalue weighted by molar-refractivity contribution is 4.85. The molecule has 0 atom stereocenters. The van der Waals surface area contributed by atoms with E-state index < -0.39 is 0 Å². The lowest BCUT2D eigenvalue weighted by Gasteiger charge is -2.39. The maximum absolute atomic E-state index is 5.46. The summed E-state index contributed by atoms with van der Waals surface area (Å²) in [5, 5.41) is 3.72. The van der Waals surface area contributed by atoms with Crippen LogP contribution in [0.1, 0.15) is 73.1 Å². The minimum absolute atomic E-state index is 0.00834. The molecule has 0 radical (unpaired) electrons. The molecule has 0 aromatic rings. The van der Waals surface area contributed by atoms with Crippen LogP contribution in [0.25, 0.3) is 0 Å². The van der Waals surface area contributed by atoms with Gasteiger partial charge in [0.2, 0.25) is 0 Å². The molecule has 0 aromatic carbocycles. The van der Waals surface area contributed by atoms with Gasteiger partial charge in [0.1, 0.15) is 0 Å². The summed E-state index contributed by atoms with van der Waals surface area (Å²) < 4.78 is 5.46. The third-order valence-corrected chi connectivity index (χ3v) is 5.46. The molecule has 0 saturated heterocycles.